The largest absolute Gasteiger partial charge is 0.308 e. The molecule has 1 aromatic rings. The van der Waals surface area contributed by atoms with E-state index in [2.05, 4.69) is 48.5 Å². The van der Waals surface area contributed by atoms with Crippen molar-refractivity contribution in [3.05, 3.63) is 5.82 Å². The summed E-state index contributed by atoms with van der Waals surface area (Å²) < 4.78 is 1.95. The van der Waals surface area contributed by atoms with Crippen molar-refractivity contribution < 1.29 is 0 Å². The summed E-state index contributed by atoms with van der Waals surface area (Å²) in [5.74, 6) is 1.67. The average molecular weight is 223 g/mol. The van der Waals surface area contributed by atoms with Crippen LogP contribution in [-0.2, 0) is 6.54 Å². The number of tetrazole rings is 1. The van der Waals surface area contributed by atoms with Crippen molar-refractivity contribution in [3.8, 4) is 0 Å². The highest BCUT2D eigenvalue weighted by atomic mass is 15.5. The van der Waals surface area contributed by atoms with Crippen LogP contribution in [0.4, 0.5) is 0 Å². The Kier molecular flexibility index (Phi) is 2.97. The number of nitrogens with one attached hydrogen (secondary N) is 1. The van der Waals surface area contributed by atoms with Gasteiger partial charge < -0.3 is 5.32 Å². The quantitative estimate of drug-likeness (QED) is 0.819. The Balaban J connectivity index is 2.02. The Morgan fingerprint density at radius 2 is 2.25 bits per heavy atom. The highest BCUT2D eigenvalue weighted by Crippen LogP contribution is 2.52. The Morgan fingerprint density at radius 3 is 2.81 bits per heavy atom. The van der Waals surface area contributed by atoms with Crippen LogP contribution in [-0.4, -0.2) is 26.8 Å². The third kappa shape index (κ3) is 2.24. The van der Waals surface area contributed by atoms with Gasteiger partial charge in [0.2, 0.25) is 0 Å². The Labute approximate surface area is 96.6 Å². The topological polar surface area (TPSA) is 55.6 Å². The molecule has 1 N–H and O–H groups in total. The molecule has 2 rings (SSSR count). The lowest BCUT2D eigenvalue weighted by Crippen LogP contribution is -2.22. The minimum atomic E-state index is 0.224. The zero-order valence-corrected chi connectivity index (χ0v) is 10.6. The first kappa shape index (κ1) is 11.5. The zero-order chi connectivity index (χ0) is 11.8. The molecule has 1 fully saturated rings. The third-order valence-corrected chi connectivity index (χ3v) is 3.57. The summed E-state index contributed by atoms with van der Waals surface area (Å²) >= 11 is 0. The molecule has 16 heavy (non-hydrogen) atoms. The van der Waals surface area contributed by atoms with Gasteiger partial charge in [0, 0.05) is 6.54 Å². The monoisotopic (exact) mass is 223 g/mol. The lowest BCUT2D eigenvalue weighted by molar-refractivity contribution is 0.433. The molecule has 0 saturated heterocycles. The second-order valence-corrected chi connectivity index (χ2v) is 5.39. The van der Waals surface area contributed by atoms with E-state index >= 15 is 0 Å². The van der Waals surface area contributed by atoms with E-state index in [-0.39, 0.29) is 6.04 Å². The van der Waals surface area contributed by atoms with E-state index < -0.39 is 0 Å². The molecule has 1 aromatic heterocycles. The van der Waals surface area contributed by atoms with E-state index in [1.54, 1.807) is 0 Å². The van der Waals surface area contributed by atoms with Gasteiger partial charge in [-0.1, -0.05) is 20.8 Å². The van der Waals surface area contributed by atoms with Gasteiger partial charge in [0.05, 0.1) is 6.04 Å². The van der Waals surface area contributed by atoms with E-state index in [9.17, 15) is 0 Å². The zero-order valence-electron chi connectivity index (χ0n) is 10.6. The highest BCUT2D eigenvalue weighted by molar-refractivity contribution is 4.97. The number of hydrogen-bond donors (Lipinski definition) is 1. The van der Waals surface area contributed by atoms with Gasteiger partial charge in [0.1, 0.15) is 0 Å². The molecule has 2 unspecified atom stereocenters. The van der Waals surface area contributed by atoms with Crippen LogP contribution in [0, 0.1) is 11.3 Å². The SMILES string of the molecule is CCNC(C)c1nnnn1CC1CC1(C)C. The molecule has 5 heteroatoms. The summed E-state index contributed by atoms with van der Waals surface area (Å²) in [5, 5.41) is 15.3. The fourth-order valence-corrected chi connectivity index (χ4v) is 2.15. The summed E-state index contributed by atoms with van der Waals surface area (Å²) in [6.45, 7) is 10.7. The molecule has 1 heterocycles. The van der Waals surface area contributed by atoms with Crippen molar-refractivity contribution in [2.24, 2.45) is 11.3 Å². The van der Waals surface area contributed by atoms with Crippen LogP contribution in [0.5, 0.6) is 0 Å². The van der Waals surface area contributed by atoms with Gasteiger partial charge in [0.25, 0.3) is 0 Å². The van der Waals surface area contributed by atoms with Crippen LogP contribution < -0.4 is 5.32 Å². The predicted molar refractivity (Wildman–Crippen MR) is 61.8 cm³/mol. The van der Waals surface area contributed by atoms with Gasteiger partial charge in [-0.15, -0.1) is 5.10 Å². The summed E-state index contributed by atoms with van der Waals surface area (Å²) in [6, 6.07) is 0.224. The minimum absolute atomic E-state index is 0.224. The maximum atomic E-state index is 4.10. The van der Waals surface area contributed by atoms with Gasteiger partial charge in [-0.05, 0) is 41.6 Å². The van der Waals surface area contributed by atoms with Crippen molar-refractivity contribution in [2.45, 2.75) is 46.7 Å². The minimum Gasteiger partial charge on any atom is -0.308 e. The molecule has 1 aliphatic carbocycles. The van der Waals surface area contributed by atoms with Crippen molar-refractivity contribution in [1.82, 2.24) is 25.5 Å². The Hall–Kier alpha value is -0.970. The molecule has 90 valence electrons. The fourth-order valence-electron chi connectivity index (χ4n) is 2.15. The van der Waals surface area contributed by atoms with Gasteiger partial charge in [-0.25, -0.2) is 4.68 Å². The second-order valence-electron chi connectivity index (χ2n) is 5.39. The molecule has 0 aliphatic heterocycles. The summed E-state index contributed by atoms with van der Waals surface area (Å²) in [5.41, 5.74) is 0.477. The summed E-state index contributed by atoms with van der Waals surface area (Å²) in [4.78, 5) is 0. The maximum absolute atomic E-state index is 4.10. The van der Waals surface area contributed by atoms with Crippen LogP contribution >= 0.6 is 0 Å². The number of aromatic nitrogens is 4. The highest BCUT2D eigenvalue weighted by Gasteiger charge is 2.46. The van der Waals surface area contributed by atoms with E-state index in [0.29, 0.717) is 5.41 Å². The first-order chi connectivity index (χ1) is 7.54. The van der Waals surface area contributed by atoms with Crippen LogP contribution in [0.2, 0.25) is 0 Å². The maximum Gasteiger partial charge on any atom is 0.167 e. The number of nitrogens with zero attached hydrogens (tertiary/aromatic N) is 4. The van der Waals surface area contributed by atoms with Crippen molar-refractivity contribution in [3.63, 3.8) is 0 Å². The van der Waals surface area contributed by atoms with E-state index in [1.165, 1.54) is 6.42 Å². The standard InChI is InChI=1S/C11H21N5/c1-5-12-8(2)10-13-14-15-16(10)7-9-6-11(9,3)4/h8-9,12H,5-7H2,1-4H3. The molecule has 0 amide bonds. The van der Waals surface area contributed by atoms with E-state index in [1.807, 2.05) is 4.68 Å². The van der Waals surface area contributed by atoms with E-state index in [4.69, 9.17) is 0 Å². The molecule has 0 spiro atoms. The number of hydrogen-bond acceptors (Lipinski definition) is 4. The Bertz CT molecular complexity index is 357. The van der Waals surface area contributed by atoms with Gasteiger partial charge >= 0.3 is 0 Å². The molecule has 0 aromatic carbocycles. The molecule has 2 atom stereocenters. The second kappa shape index (κ2) is 4.13. The van der Waals surface area contributed by atoms with Crippen LogP contribution in [0.1, 0.15) is 46.0 Å². The van der Waals surface area contributed by atoms with Crippen molar-refractivity contribution in [1.29, 1.82) is 0 Å². The van der Waals surface area contributed by atoms with Gasteiger partial charge in [-0.3, -0.25) is 0 Å². The van der Waals surface area contributed by atoms with Gasteiger partial charge in [-0.2, -0.15) is 0 Å². The third-order valence-electron chi connectivity index (χ3n) is 3.57. The normalized spacial score (nSPS) is 24.4. The molecular formula is C11H21N5. The lowest BCUT2D eigenvalue weighted by Gasteiger charge is -2.12. The van der Waals surface area contributed by atoms with Crippen LogP contribution in [0.15, 0.2) is 0 Å². The molecule has 1 aliphatic rings. The molecule has 0 radical (unpaired) electrons. The van der Waals surface area contributed by atoms with Crippen molar-refractivity contribution >= 4 is 0 Å². The van der Waals surface area contributed by atoms with Crippen LogP contribution in [0.25, 0.3) is 0 Å². The molecule has 0 bridgehead atoms. The average Bonchev–Trinajstić information content (AvgIpc) is 2.63. The lowest BCUT2D eigenvalue weighted by atomic mass is 10.1. The Morgan fingerprint density at radius 1 is 1.56 bits per heavy atom. The number of rotatable bonds is 5. The summed E-state index contributed by atoms with van der Waals surface area (Å²) in [7, 11) is 0. The van der Waals surface area contributed by atoms with Crippen LogP contribution in [0.3, 0.4) is 0 Å². The first-order valence-corrected chi connectivity index (χ1v) is 6.04. The summed E-state index contributed by atoms with van der Waals surface area (Å²) in [6.07, 6.45) is 1.28. The van der Waals surface area contributed by atoms with Crippen molar-refractivity contribution in [2.75, 3.05) is 6.54 Å². The molecule has 5 nitrogen and oxygen atoms in total. The van der Waals surface area contributed by atoms with E-state index in [0.717, 1.165) is 24.8 Å². The smallest absolute Gasteiger partial charge is 0.167 e. The fraction of sp³-hybridized carbons (Fsp3) is 0.909. The first-order valence-electron chi connectivity index (χ1n) is 6.04. The predicted octanol–water partition coefficient (Wildman–Crippen LogP) is 1.39. The molecular weight excluding hydrogens is 202 g/mol. The molecule has 1 saturated carbocycles. The van der Waals surface area contributed by atoms with Gasteiger partial charge in [0.15, 0.2) is 5.82 Å².